The number of rotatable bonds is 42. The van der Waals surface area contributed by atoms with Crippen LogP contribution in [0.1, 0.15) is 150 Å². The SMILES string of the molecule is CC[C@H](C)[C@@H]([C@@H](CC(=O)N1CCC[C@H]1[C@H](OC)[C@@H](C)C(=O)N[C@@H](Cc1ccccc1)C(=O)O)OC)N(C)C(=O)[C@@H](CC(=O)[C@H](C(C)C)N(C)CCc1ccc(N(C)C(=O)[C@H](CCCNC(N)=O)NC(=O)[C@@H](CC(=O)CCCCCN2C(=O)C=CC2=O)C(C)C)cc1)C(C)C. The minimum Gasteiger partial charge on any atom is -0.480 e. The summed E-state index contributed by atoms with van der Waals surface area (Å²) in [5, 5.41) is 18.2. The van der Waals surface area contributed by atoms with Gasteiger partial charge in [-0.15, -0.1) is 0 Å². The topological polar surface area (TPSA) is 305 Å². The third-order valence-electron chi connectivity index (χ3n) is 19.0. The molecule has 2 aliphatic rings. The van der Waals surface area contributed by atoms with Crippen molar-refractivity contribution in [2.24, 2.45) is 47.2 Å². The summed E-state index contributed by atoms with van der Waals surface area (Å²) in [5.41, 5.74) is 7.55. The highest BCUT2D eigenvalue weighted by Crippen LogP contribution is 2.32. The lowest BCUT2D eigenvalue weighted by Gasteiger charge is -2.41. The van der Waals surface area contributed by atoms with Crippen molar-refractivity contribution in [1.29, 1.82) is 0 Å². The number of carbonyl (C=O) groups excluding carboxylic acids is 10. The molecule has 1 saturated heterocycles. The molecule has 0 bridgehead atoms. The van der Waals surface area contributed by atoms with Gasteiger partial charge in [0.1, 0.15) is 17.9 Å². The number of hydrogen-bond donors (Lipinski definition) is 5. The molecule has 0 aliphatic carbocycles. The first-order chi connectivity index (χ1) is 44.5. The second-order valence-corrected chi connectivity index (χ2v) is 26.7. The Morgan fingerprint density at radius 1 is 0.713 bits per heavy atom. The largest absolute Gasteiger partial charge is 0.480 e. The normalized spacial score (nSPS) is 17.3. The number of likely N-dealkylation sites (tertiary alicyclic amines) is 1. The van der Waals surface area contributed by atoms with Crippen molar-refractivity contribution in [3.63, 3.8) is 0 Å². The quantitative estimate of drug-likeness (QED) is 0.0339. The van der Waals surface area contributed by atoms with Crippen molar-refractivity contribution in [3.8, 4) is 0 Å². The van der Waals surface area contributed by atoms with Gasteiger partial charge in [-0.25, -0.2) is 9.59 Å². The number of urea groups is 1. The Morgan fingerprint density at radius 2 is 1.34 bits per heavy atom. The summed E-state index contributed by atoms with van der Waals surface area (Å²) < 4.78 is 12.1. The van der Waals surface area contributed by atoms with Gasteiger partial charge in [-0.05, 0) is 98.9 Å². The number of carboxylic acids is 1. The predicted octanol–water partition coefficient (Wildman–Crippen LogP) is 6.76. The molecule has 23 nitrogen and oxygen atoms in total. The number of carbonyl (C=O) groups is 11. The van der Waals surface area contributed by atoms with Gasteiger partial charge >= 0.3 is 12.0 Å². The molecular formula is C71H109N9O14. The molecule has 0 spiro atoms. The van der Waals surface area contributed by atoms with Gasteiger partial charge in [0.25, 0.3) is 11.8 Å². The average Bonchev–Trinajstić information content (AvgIpc) is 1.33. The number of hydrogen-bond acceptors (Lipinski definition) is 14. The van der Waals surface area contributed by atoms with Gasteiger partial charge in [0.15, 0.2) is 5.78 Å². The number of anilines is 1. The van der Waals surface area contributed by atoms with Crippen molar-refractivity contribution in [1.82, 2.24) is 35.6 Å². The molecule has 2 heterocycles. The number of nitrogens with one attached hydrogen (secondary N) is 3. The monoisotopic (exact) mass is 1310 g/mol. The number of unbranched alkanes of at least 4 members (excludes halogenated alkanes) is 2. The number of ether oxygens (including phenoxy) is 2. The third-order valence-corrected chi connectivity index (χ3v) is 19.0. The number of benzene rings is 2. The Bertz CT molecular complexity index is 2870. The summed E-state index contributed by atoms with van der Waals surface area (Å²) in [6.45, 7) is 18.6. The van der Waals surface area contributed by atoms with Gasteiger partial charge in [0.2, 0.25) is 29.5 Å². The van der Waals surface area contributed by atoms with E-state index in [1.807, 2.05) is 97.7 Å². The summed E-state index contributed by atoms with van der Waals surface area (Å²) in [5.74, 6) is -6.76. The highest BCUT2D eigenvalue weighted by atomic mass is 16.5. The van der Waals surface area contributed by atoms with E-state index in [2.05, 4.69) is 16.0 Å². The molecule has 2 aromatic rings. The molecule has 6 N–H and O–H groups in total. The zero-order valence-electron chi connectivity index (χ0n) is 58.2. The lowest BCUT2D eigenvalue weighted by Crippen LogP contribution is -2.55. The smallest absolute Gasteiger partial charge is 0.326 e. The van der Waals surface area contributed by atoms with Crippen LogP contribution >= 0.6 is 0 Å². The number of aliphatic carboxylic acids is 1. The molecule has 11 atom stereocenters. The number of imide groups is 1. The van der Waals surface area contributed by atoms with E-state index in [0.717, 1.165) is 16.0 Å². The number of primary amides is 1. The highest BCUT2D eigenvalue weighted by Gasteiger charge is 2.44. The average molecular weight is 1310 g/mol. The van der Waals surface area contributed by atoms with Crippen molar-refractivity contribution in [3.05, 3.63) is 77.9 Å². The molecule has 23 heteroatoms. The van der Waals surface area contributed by atoms with Crippen molar-refractivity contribution in [2.45, 2.75) is 195 Å². The first-order valence-electron chi connectivity index (χ1n) is 33.6. The van der Waals surface area contributed by atoms with Gasteiger partial charge in [-0.1, -0.05) is 118 Å². The number of carboxylic acid groups (broad SMARTS) is 1. The van der Waals surface area contributed by atoms with E-state index in [0.29, 0.717) is 70.1 Å². The lowest BCUT2D eigenvalue weighted by molar-refractivity contribution is -0.149. The fraction of sp³-hybridized carbons (Fsp3) is 0.648. The summed E-state index contributed by atoms with van der Waals surface area (Å²) >= 11 is 0. The van der Waals surface area contributed by atoms with Crippen molar-refractivity contribution >= 4 is 70.6 Å². The number of Topliss-reactive ketones (excluding diaryl/α,β-unsaturated/α-hetero) is 2. The number of amides is 9. The van der Waals surface area contributed by atoms with E-state index < -0.39 is 89.9 Å². The first-order valence-corrected chi connectivity index (χ1v) is 33.6. The Kier molecular flexibility index (Phi) is 32.7. The molecule has 522 valence electrons. The summed E-state index contributed by atoms with van der Waals surface area (Å²) in [4.78, 5) is 155. The molecule has 0 radical (unpaired) electrons. The van der Waals surface area contributed by atoms with E-state index in [1.54, 1.807) is 55.1 Å². The number of nitrogens with zero attached hydrogens (tertiary/aromatic N) is 5. The minimum atomic E-state index is -1.17. The van der Waals surface area contributed by atoms with Gasteiger partial charge in [-0.3, -0.25) is 53.0 Å². The molecule has 1 fully saturated rings. The number of nitrogens with two attached hydrogens (primary N) is 1. The Morgan fingerprint density at radius 3 is 1.90 bits per heavy atom. The van der Waals surface area contributed by atoms with Crippen LogP contribution in [0.3, 0.4) is 0 Å². The minimum absolute atomic E-state index is 0.0139. The van der Waals surface area contributed by atoms with Crippen molar-refractivity contribution in [2.75, 3.05) is 66.4 Å². The van der Waals surface area contributed by atoms with Crippen LogP contribution in [-0.2, 0) is 70.3 Å². The predicted molar refractivity (Wildman–Crippen MR) is 360 cm³/mol. The van der Waals surface area contributed by atoms with Crippen LogP contribution in [0.25, 0.3) is 0 Å². The maximum Gasteiger partial charge on any atom is 0.326 e. The van der Waals surface area contributed by atoms with E-state index in [4.69, 9.17) is 15.2 Å². The van der Waals surface area contributed by atoms with Gasteiger partial charge in [-0.2, -0.15) is 0 Å². The van der Waals surface area contributed by atoms with Crippen LogP contribution < -0.4 is 26.6 Å². The van der Waals surface area contributed by atoms with Gasteiger partial charge in [0, 0.05) is 110 Å². The molecular weight excluding hydrogens is 1200 g/mol. The third kappa shape index (κ3) is 23.2. The zero-order valence-corrected chi connectivity index (χ0v) is 58.2. The number of ketones is 2. The lowest BCUT2D eigenvalue weighted by atomic mass is 9.83. The molecule has 4 rings (SSSR count). The van der Waals surface area contributed by atoms with E-state index >= 15 is 0 Å². The Balaban J connectivity index is 1.40. The van der Waals surface area contributed by atoms with Crippen LogP contribution in [0.15, 0.2) is 66.7 Å². The maximum absolute atomic E-state index is 14.9. The first kappa shape index (κ1) is 79.1. The molecule has 2 aliphatic heterocycles. The number of likely N-dealkylation sites (N-methyl/N-ethyl adjacent to an activating group) is 3. The molecule has 0 unspecified atom stereocenters. The van der Waals surface area contributed by atoms with E-state index in [9.17, 15) is 57.8 Å². The molecule has 2 aromatic carbocycles. The van der Waals surface area contributed by atoms with E-state index in [-0.39, 0.29) is 110 Å². The zero-order chi connectivity index (χ0) is 70.1. The van der Waals surface area contributed by atoms with E-state index in [1.165, 1.54) is 31.3 Å². The second-order valence-electron chi connectivity index (χ2n) is 26.7. The second kappa shape index (κ2) is 38.9. The molecule has 0 saturated carbocycles. The summed E-state index contributed by atoms with van der Waals surface area (Å²) in [6.07, 6.45) is 5.82. The standard InChI is InChI=1S/C71H109N9O14/c1-15-47(8)64(59(93-13)43-62(85)79-38-23-28-57(79)65(94-14)48(9)66(86)75-56(70(90)91)40-50-24-18-16-19-25-50)78(12)68(88)54(45(4)5)42-58(82)63(46(6)7)76(10)39-35-49-29-31-51(32-30-49)77(11)69(89)55(27-22-36-73-71(72)92)74-67(87)53(44(2)3)41-52(81)26-20-17-21-37-80-60(83)33-34-61(80)84/h16,18-19,24-25,29-34,44-48,53-57,59,63-65H,15,17,20-23,26-28,35-43H2,1-14H3,(H,74,87)(H,75,86)(H,90,91)(H3,72,73,92)/t47-,48+,53-,54-,55-,56-,57-,59+,63-,64-,65+/m0/s1. The summed E-state index contributed by atoms with van der Waals surface area (Å²) in [7, 11) is 8.24. The molecule has 9 amide bonds. The van der Waals surface area contributed by atoms with Crippen LogP contribution in [0.4, 0.5) is 10.5 Å². The molecule has 94 heavy (non-hydrogen) atoms. The summed E-state index contributed by atoms with van der Waals surface area (Å²) in [6, 6.07) is 12.0. The van der Waals surface area contributed by atoms with Crippen LogP contribution in [-0.4, -0.2) is 194 Å². The molecule has 0 aromatic heterocycles. The van der Waals surface area contributed by atoms with Crippen molar-refractivity contribution < 1.29 is 67.3 Å². The van der Waals surface area contributed by atoms with Gasteiger partial charge < -0.3 is 51.0 Å². The highest BCUT2D eigenvalue weighted by molar-refractivity contribution is 6.12. The van der Waals surface area contributed by atoms with Crippen LogP contribution in [0.2, 0.25) is 0 Å². The fourth-order valence-corrected chi connectivity index (χ4v) is 13.1. The van der Waals surface area contributed by atoms with Crippen LogP contribution in [0.5, 0.6) is 0 Å². The van der Waals surface area contributed by atoms with Crippen LogP contribution in [0, 0.1) is 41.4 Å². The maximum atomic E-state index is 14.9. The number of methoxy groups -OCH3 is 2. The van der Waals surface area contributed by atoms with Gasteiger partial charge in [0.05, 0.1) is 42.7 Å². The Labute approximate surface area is 557 Å². The Hall–Kier alpha value is -7.37. The fourth-order valence-electron chi connectivity index (χ4n) is 13.1.